The van der Waals surface area contributed by atoms with Crippen LogP contribution in [0.25, 0.3) is 0 Å². The predicted molar refractivity (Wildman–Crippen MR) is 74.4 cm³/mol. The third-order valence-corrected chi connectivity index (χ3v) is 6.20. The molecular formula is C9H21ClN2O4S2. The summed E-state index contributed by atoms with van der Waals surface area (Å²) in [4.78, 5) is 0. The molecule has 2 atom stereocenters. The second-order valence-corrected chi connectivity index (χ2v) is 8.84. The fourth-order valence-corrected chi connectivity index (χ4v) is 5.14. The average Bonchev–Trinajstić information content (AvgIpc) is 2.18. The first-order valence-electron chi connectivity index (χ1n) is 5.54. The molecule has 0 aliphatic carbocycles. The Hall–Kier alpha value is 0.110. The van der Waals surface area contributed by atoms with E-state index < -0.39 is 19.9 Å². The lowest BCUT2D eigenvalue weighted by Crippen LogP contribution is -2.57. The molecule has 1 rings (SSSR count). The van der Waals surface area contributed by atoms with E-state index in [-0.39, 0.29) is 36.0 Å². The Morgan fingerprint density at radius 2 is 1.72 bits per heavy atom. The minimum absolute atomic E-state index is 0. The van der Waals surface area contributed by atoms with Crippen molar-refractivity contribution in [3.63, 3.8) is 0 Å². The van der Waals surface area contributed by atoms with Crippen LogP contribution in [0.1, 0.15) is 13.8 Å². The van der Waals surface area contributed by atoms with Crippen LogP contribution in [-0.4, -0.2) is 64.1 Å². The molecule has 6 nitrogen and oxygen atoms in total. The molecule has 1 saturated heterocycles. The van der Waals surface area contributed by atoms with Crippen LogP contribution >= 0.6 is 12.4 Å². The Kier molecular flexibility index (Phi) is 6.55. The number of nitrogens with one attached hydrogen (secondary N) is 1. The summed E-state index contributed by atoms with van der Waals surface area (Å²) in [6.45, 7) is 4.75. The first-order valence-corrected chi connectivity index (χ1v) is 9.21. The van der Waals surface area contributed by atoms with Crippen molar-refractivity contribution >= 4 is 32.3 Å². The summed E-state index contributed by atoms with van der Waals surface area (Å²) in [6.07, 6.45) is 1.05. The van der Waals surface area contributed by atoms with Crippen molar-refractivity contribution in [2.24, 2.45) is 0 Å². The molecule has 0 aromatic rings. The van der Waals surface area contributed by atoms with E-state index in [2.05, 4.69) is 5.32 Å². The largest absolute Gasteiger partial charge is 0.311 e. The molecule has 0 amide bonds. The molecule has 110 valence electrons. The zero-order valence-electron chi connectivity index (χ0n) is 10.8. The lowest BCUT2D eigenvalue weighted by Gasteiger charge is -2.37. The zero-order valence-corrected chi connectivity index (χ0v) is 13.2. The quantitative estimate of drug-likeness (QED) is 0.752. The summed E-state index contributed by atoms with van der Waals surface area (Å²) in [5, 5.41) is 3.18. The van der Waals surface area contributed by atoms with Crippen LogP contribution in [0.15, 0.2) is 0 Å². The number of rotatable bonds is 4. The number of halogens is 1. The molecule has 0 spiro atoms. The number of hydrogen-bond acceptors (Lipinski definition) is 5. The van der Waals surface area contributed by atoms with Crippen molar-refractivity contribution in [1.82, 2.24) is 9.62 Å². The van der Waals surface area contributed by atoms with E-state index in [9.17, 15) is 16.8 Å². The summed E-state index contributed by atoms with van der Waals surface area (Å²) in [5.41, 5.74) is 0. The molecule has 0 radical (unpaired) electrons. The van der Waals surface area contributed by atoms with Gasteiger partial charge in [0.25, 0.3) is 0 Å². The number of nitrogens with zero attached hydrogens (tertiary/aromatic N) is 1. The van der Waals surface area contributed by atoms with Gasteiger partial charge in [0, 0.05) is 31.4 Å². The number of sulfone groups is 1. The minimum Gasteiger partial charge on any atom is -0.311 e. The second kappa shape index (κ2) is 6.51. The van der Waals surface area contributed by atoms with E-state index in [1.165, 1.54) is 4.31 Å². The van der Waals surface area contributed by atoms with Crippen molar-refractivity contribution in [2.75, 3.05) is 30.9 Å². The van der Waals surface area contributed by atoms with Crippen LogP contribution in [0.3, 0.4) is 0 Å². The van der Waals surface area contributed by atoms with Gasteiger partial charge >= 0.3 is 0 Å². The Morgan fingerprint density at radius 1 is 1.17 bits per heavy atom. The van der Waals surface area contributed by atoms with Gasteiger partial charge in [0.05, 0.1) is 11.5 Å². The second-order valence-electron chi connectivity index (χ2n) is 4.54. The summed E-state index contributed by atoms with van der Waals surface area (Å²) in [6, 6.07) is -0.0648. The molecule has 0 bridgehead atoms. The highest BCUT2D eigenvalue weighted by Gasteiger charge is 2.33. The normalized spacial score (nSPS) is 26.6. The molecule has 1 aliphatic rings. The topological polar surface area (TPSA) is 83.6 Å². The van der Waals surface area contributed by atoms with Crippen molar-refractivity contribution in [2.45, 2.75) is 25.9 Å². The van der Waals surface area contributed by atoms with Crippen molar-refractivity contribution < 1.29 is 16.8 Å². The number of sulfonamides is 1. The first-order chi connectivity index (χ1) is 7.63. The van der Waals surface area contributed by atoms with Crippen LogP contribution in [0.2, 0.25) is 0 Å². The highest BCUT2D eigenvalue weighted by molar-refractivity contribution is 7.93. The smallest absolute Gasteiger partial charge is 0.215 e. The van der Waals surface area contributed by atoms with Gasteiger partial charge in [-0.25, -0.2) is 16.8 Å². The van der Waals surface area contributed by atoms with Gasteiger partial charge in [-0.1, -0.05) is 0 Å². The Balaban J connectivity index is 0.00000289. The summed E-state index contributed by atoms with van der Waals surface area (Å²) in [5.74, 6) is -0.650. The number of hydrogen-bond donors (Lipinski definition) is 1. The maximum Gasteiger partial charge on any atom is 0.215 e. The molecule has 0 saturated carbocycles. The molecule has 1 aliphatic heterocycles. The van der Waals surface area contributed by atoms with E-state index in [1.54, 1.807) is 0 Å². The third-order valence-electron chi connectivity index (χ3n) is 3.05. The van der Waals surface area contributed by atoms with Crippen LogP contribution in [0.4, 0.5) is 0 Å². The van der Waals surface area contributed by atoms with Crippen LogP contribution < -0.4 is 5.32 Å². The molecule has 1 heterocycles. The standard InChI is InChI=1S/C9H20N2O4S2.ClH/c1-8-9(2)11(5-4-10-8)17(14,15)7-6-16(3,12)13;/h8-10H,4-7H2,1-3H3;1H. The van der Waals surface area contributed by atoms with Crippen LogP contribution in [0.5, 0.6) is 0 Å². The van der Waals surface area contributed by atoms with Gasteiger partial charge in [-0.2, -0.15) is 4.31 Å². The lowest BCUT2D eigenvalue weighted by atomic mass is 10.1. The molecule has 18 heavy (non-hydrogen) atoms. The monoisotopic (exact) mass is 320 g/mol. The molecule has 0 aromatic heterocycles. The Bertz CT molecular complexity index is 463. The lowest BCUT2D eigenvalue weighted by molar-refractivity contribution is 0.233. The van der Waals surface area contributed by atoms with E-state index in [4.69, 9.17) is 0 Å². The van der Waals surface area contributed by atoms with Crippen molar-refractivity contribution in [3.8, 4) is 0 Å². The van der Waals surface area contributed by atoms with Gasteiger partial charge in [0.1, 0.15) is 9.84 Å². The van der Waals surface area contributed by atoms with E-state index in [0.29, 0.717) is 13.1 Å². The minimum atomic E-state index is -3.48. The van der Waals surface area contributed by atoms with Gasteiger partial charge < -0.3 is 5.32 Å². The van der Waals surface area contributed by atoms with Crippen LogP contribution in [0, 0.1) is 0 Å². The van der Waals surface area contributed by atoms with E-state index in [1.807, 2.05) is 13.8 Å². The van der Waals surface area contributed by atoms with Gasteiger partial charge in [-0.3, -0.25) is 0 Å². The van der Waals surface area contributed by atoms with Gasteiger partial charge in [0.15, 0.2) is 0 Å². The highest BCUT2D eigenvalue weighted by Crippen LogP contribution is 2.14. The van der Waals surface area contributed by atoms with E-state index >= 15 is 0 Å². The van der Waals surface area contributed by atoms with Crippen LogP contribution in [-0.2, 0) is 19.9 Å². The maximum atomic E-state index is 12.0. The molecular weight excluding hydrogens is 300 g/mol. The summed E-state index contributed by atoms with van der Waals surface area (Å²) >= 11 is 0. The zero-order chi connectivity index (χ0) is 13.3. The fraction of sp³-hybridized carbons (Fsp3) is 1.00. The Morgan fingerprint density at radius 3 is 2.22 bits per heavy atom. The highest BCUT2D eigenvalue weighted by atomic mass is 35.5. The third kappa shape index (κ3) is 5.00. The molecule has 0 aromatic carbocycles. The van der Waals surface area contributed by atoms with Gasteiger partial charge in [-0.15, -0.1) is 12.4 Å². The Labute approximate surface area is 116 Å². The summed E-state index contributed by atoms with van der Waals surface area (Å²) in [7, 11) is -6.73. The SMILES string of the molecule is CC1NCCN(S(=O)(=O)CCS(C)(=O)=O)C1C.Cl. The van der Waals surface area contributed by atoms with Crippen molar-refractivity contribution in [3.05, 3.63) is 0 Å². The average molecular weight is 321 g/mol. The molecule has 2 unspecified atom stereocenters. The van der Waals surface area contributed by atoms with Crippen molar-refractivity contribution in [1.29, 1.82) is 0 Å². The fourth-order valence-electron chi connectivity index (χ4n) is 1.79. The number of piperazine rings is 1. The summed E-state index contributed by atoms with van der Waals surface area (Å²) < 4.78 is 47.5. The first kappa shape index (κ1) is 18.1. The van der Waals surface area contributed by atoms with Gasteiger partial charge in [-0.05, 0) is 13.8 Å². The van der Waals surface area contributed by atoms with E-state index in [0.717, 1.165) is 6.26 Å². The molecule has 1 N–H and O–H groups in total. The molecule has 1 fully saturated rings. The maximum absolute atomic E-state index is 12.0. The predicted octanol–water partition coefficient (Wildman–Crippen LogP) is -0.535. The molecule has 9 heteroatoms. The van der Waals surface area contributed by atoms with Gasteiger partial charge in [0.2, 0.25) is 10.0 Å².